The van der Waals surface area contributed by atoms with Gasteiger partial charge in [0.25, 0.3) is 0 Å². The molecule has 1 saturated heterocycles. The zero-order chi connectivity index (χ0) is 11.5. The van der Waals surface area contributed by atoms with Crippen LogP contribution in [0.1, 0.15) is 28.8 Å². The highest BCUT2D eigenvalue weighted by Crippen LogP contribution is 2.24. The van der Waals surface area contributed by atoms with Crippen LogP contribution in [0.3, 0.4) is 0 Å². The van der Waals surface area contributed by atoms with Gasteiger partial charge in [-0.1, -0.05) is 11.6 Å². The predicted molar refractivity (Wildman–Crippen MR) is 64.0 cm³/mol. The van der Waals surface area contributed by atoms with Gasteiger partial charge in [-0.25, -0.2) is 0 Å². The monoisotopic (exact) mass is 219 g/mol. The van der Waals surface area contributed by atoms with Crippen molar-refractivity contribution in [3.05, 3.63) is 29.3 Å². The van der Waals surface area contributed by atoms with Crippen LogP contribution in [0, 0.1) is 6.92 Å². The second kappa shape index (κ2) is 4.66. The van der Waals surface area contributed by atoms with Crippen LogP contribution in [-0.4, -0.2) is 30.6 Å². The first-order valence-electron chi connectivity index (χ1n) is 5.69. The summed E-state index contributed by atoms with van der Waals surface area (Å²) in [5, 5.41) is 9.45. The van der Waals surface area contributed by atoms with E-state index in [2.05, 4.69) is 4.90 Å². The van der Waals surface area contributed by atoms with Crippen molar-refractivity contribution in [1.82, 2.24) is 0 Å². The first-order valence-corrected chi connectivity index (χ1v) is 5.69. The largest absolute Gasteiger partial charge is 0.393 e. The van der Waals surface area contributed by atoms with Crippen molar-refractivity contribution in [3.8, 4) is 0 Å². The minimum Gasteiger partial charge on any atom is -0.393 e. The Morgan fingerprint density at radius 3 is 2.69 bits per heavy atom. The molecule has 0 bridgehead atoms. The summed E-state index contributed by atoms with van der Waals surface area (Å²) in [7, 11) is 0. The summed E-state index contributed by atoms with van der Waals surface area (Å²) in [5.41, 5.74) is 2.84. The second-order valence-electron chi connectivity index (χ2n) is 4.40. The second-order valence-corrected chi connectivity index (χ2v) is 4.40. The van der Waals surface area contributed by atoms with Crippen molar-refractivity contribution in [2.45, 2.75) is 25.9 Å². The van der Waals surface area contributed by atoms with Crippen LogP contribution >= 0.6 is 0 Å². The van der Waals surface area contributed by atoms with Gasteiger partial charge in [0.1, 0.15) is 0 Å². The number of carbonyl (C=O) groups excluding carboxylic acids is 1. The third-order valence-corrected chi connectivity index (χ3v) is 3.12. The summed E-state index contributed by atoms with van der Waals surface area (Å²) < 4.78 is 0. The maximum Gasteiger partial charge on any atom is 0.152 e. The van der Waals surface area contributed by atoms with Crippen LogP contribution in [-0.2, 0) is 0 Å². The number of hydrogen-bond acceptors (Lipinski definition) is 3. The van der Waals surface area contributed by atoms with Gasteiger partial charge in [-0.15, -0.1) is 0 Å². The Labute approximate surface area is 95.7 Å². The molecular weight excluding hydrogens is 202 g/mol. The highest BCUT2D eigenvalue weighted by Gasteiger charge is 2.18. The molecule has 1 fully saturated rings. The van der Waals surface area contributed by atoms with E-state index in [9.17, 15) is 9.90 Å². The van der Waals surface area contributed by atoms with Crippen molar-refractivity contribution in [1.29, 1.82) is 0 Å². The Morgan fingerprint density at radius 2 is 2.06 bits per heavy atom. The lowest BCUT2D eigenvalue weighted by Gasteiger charge is -2.32. The molecule has 86 valence electrons. The average molecular weight is 219 g/mol. The van der Waals surface area contributed by atoms with E-state index >= 15 is 0 Å². The van der Waals surface area contributed by atoms with Gasteiger partial charge in [0.15, 0.2) is 6.29 Å². The summed E-state index contributed by atoms with van der Waals surface area (Å²) in [6.45, 7) is 3.63. The van der Waals surface area contributed by atoms with E-state index in [-0.39, 0.29) is 6.10 Å². The molecule has 1 aliphatic rings. The molecule has 1 N–H and O–H groups in total. The maximum absolute atomic E-state index is 11.0. The summed E-state index contributed by atoms with van der Waals surface area (Å²) in [5.74, 6) is 0. The van der Waals surface area contributed by atoms with Crippen LogP contribution in [0.25, 0.3) is 0 Å². The number of rotatable bonds is 2. The van der Waals surface area contributed by atoms with Crippen molar-refractivity contribution in [2.75, 3.05) is 18.0 Å². The van der Waals surface area contributed by atoms with E-state index in [1.165, 1.54) is 0 Å². The van der Waals surface area contributed by atoms with Crippen LogP contribution in [0.2, 0.25) is 0 Å². The number of carbonyl (C=O) groups is 1. The fraction of sp³-hybridized carbons (Fsp3) is 0.462. The molecule has 3 nitrogen and oxygen atoms in total. The molecule has 0 amide bonds. The average Bonchev–Trinajstić information content (AvgIpc) is 2.30. The molecule has 1 aromatic rings. The number of hydrogen-bond donors (Lipinski definition) is 1. The van der Waals surface area contributed by atoms with Crippen LogP contribution in [0.4, 0.5) is 5.69 Å². The number of aliphatic hydroxyl groups excluding tert-OH is 1. The first-order chi connectivity index (χ1) is 7.70. The molecule has 1 aromatic carbocycles. The van der Waals surface area contributed by atoms with Gasteiger partial charge in [0.05, 0.1) is 6.10 Å². The Morgan fingerprint density at radius 1 is 1.38 bits per heavy atom. The van der Waals surface area contributed by atoms with E-state index in [0.717, 1.165) is 49.0 Å². The molecule has 0 radical (unpaired) electrons. The Hall–Kier alpha value is -1.35. The molecule has 1 heterocycles. The van der Waals surface area contributed by atoms with E-state index in [1.807, 2.05) is 25.1 Å². The molecule has 0 spiro atoms. The minimum atomic E-state index is -0.179. The van der Waals surface area contributed by atoms with Crippen molar-refractivity contribution in [3.63, 3.8) is 0 Å². The molecule has 0 unspecified atom stereocenters. The molecule has 0 atom stereocenters. The van der Waals surface area contributed by atoms with Crippen LogP contribution in [0.15, 0.2) is 18.2 Å². The fourth-order valence-corrected chi connectivity index (χ4v) is 2.16. The zero-order valence-corrected chi connectivity index (χ0v) is 9.52. The van der Waals surface area contributed by atoms with E-state index in [4.69, 9.17) is 0 Å². The quantitative estimate of drug-likeness (QED) is 0.771. The highest BCUT2D eigenvalue weighted by atomic mass is 16.3. The maximum atomic E-state index is 11.0. The summed E-state index contributed by atoms with van der Waals surface area (Å²) in [4.78, 5) is 13.2. The predicted octanol–water partition coefficient (Wildman–Crippen LogP) is 1.77. The SMILES string of the molecule is Cc1ccc(N2CCC(O)CC2)c(C=O)c1. The van der Waals surface area contributed by atoms with E-state index < -0.39 is 0 Å². The van der Waals surface area contributed by atoms with Gasteiger partial charge in [0.2, 0.25) is 0 Å². The number of benzene rings is 1. The Balaban J connectivity index is 2.23. The molecule has 2 rings (SSSR count). The molecule has 0 saturated carbocycles. The number of aliphatic hydroxyl groups is 1. The molecule has 16 heavy (non-hydrogen) atoms. The summed E-state index contributed by atoms with van der Waals surface area (Å²) in [6.07, 6.45) is 2.30. The van der Waals surface area contributed by atoms with Gasteiger partial charge in [-0.3, -0.25) is 4.79 Å². The number of anilines is 1. The van der Waals surface area contributed by atoms with Crippen molar-refractivity contribution in [2.24, 2.45) is 0 Å². The fourth-order valence-electron chi connectivity index (χ4n) is 2.16. The molecule has 1 aliphatic heterocycles. The third-order valence-electron chi connectivity index (χ3n) is 3.12. The molecule has 3 heteroatoms. The van der Waals surface area contributed by atoms with Crippen LogP contribution in [0.5, 0.6) is 0 Å². The highest BCUT2D eigenvalue weighted by molar-refractivity contribution is 5.85. The first kappa shape index (κ1) is 11.1. The van der Waals surface area contributed by atoms with Gasteiger partial charge < -0.3 is 10.0 Å². The van der Waals surface area contributed by atoms with Crippen LogP contribution < -0.4 is 4.90 Å². The molecular formula is C13H17NO2. The molecule has 0 aromatic heterocycles. The number of aldehydes is 1. The molecule has 0 aliphatic carbocycles. The summed E-state index contributed by atoms with van der Waals surface area (Å²) in [6, 6.07) is 5.93. The van der Waals surface area contributed by atoms with E-state index in [0.29, 0.717) is 0 Å². The minimum absolute atomic E-state index is 0.179. The summed E-state index contributed by atoms with van der Waals surface area (Å²) >= 11 is 0. The van der Waals surface area contributed by atoms with Gasteiger partial charge >= 0.3 is 0 Å². The number of piperidine rings is 1. The normalized spacial score (nSPS) is 17.5. The standard InChI is InChI=1S/C13H17NO2/c1-10-2-3-13(11(8-10)9-15)14-6-4-12(16)5-7-14/h2-3,8-9,12,16H,4-7H2,1H3. The lowest BCUT2D eigenvalue weighted by atomic mass is 10.0. The zero-order valence-electron chi connectivity index (χ0n) is 9.52. The number of nitrogens with zero attached hydrogens (tertiary/aromatic N) is 1. The third kappa shape index (κ3) is 2.25. The lowest BCUT2D eigenvalue weighted by Crippen LogP contribution is -2.36. The van der Waals surface area contributed by atoms with Gasteiger partial charge in [-0.2, -0.15) is 0 Å². The smallest absolute Gasteiger partial charge is 0.152 e. The Bertz CT molecular complexity index is 382. The topological polar surface area (TPSA) is 40.5 Å². The number of aryl methyl sites for hydroxylation is 1. The van der Waals surface area contributed by atoms with E-state index in [1.54, 1.807) is 0 Å². The van der Waals surface area contributed by atoms with Crippen molar-refractivity contribution < 1.29 is 9.90 Å². The Kier molecular flexibility index (Phi) is 3.25. The van der Waals surface area contributed by atoms with Crippen molar-refractivity contribution >= 4 is 12.0 Å². The lowest BCUT2D eigenvalue weighted by molar-refractivity contribution is 0.112. The van der Waals surface area contributed by atoms with Gasteiger partial charge in [0, 0.05) is 24.3 Å². The van der Waals surface area contributed by atoms with Gasteiger partial charge in [-0.05, 0) is 31.9 Å².